The summed E-state index contributed by atoms with van der Waals surface area (Å²) < 4.78 is 0. The maximum absolute atomic E-state index is 5.90. The lowest BCUT2D eigenvalue weighted by Crippen LogP contribution is -2.40. The molecule has 1 heterocycles. The molecule has 2 aliphatic rings. The molecule has 2 aliphatic carbocycles. The number of nitrogens with two attached hydrogens (primary N) is 1. The number of hydrogen-bond donors (Lipinski definition) is 1. The van der Waals surface area contributed by atoms with E-state index in [1.807, 2.05) is 0 Å². The lowest BCUT2D eigenvalue weighted by atomic mass is 9.81. The molecule has 0 aromatic carbocycles. The Kier molecular flexibility index (Phi) is 5.97. The van der Waals surface area contributed by atoms with Crippen molar-refractivity contribution in [1.29, 1.82) is 0 Å². The molecule has 0 amide bonds. The van der Waals surface area contributed by atoms with Gasteiger partial charge in [0.05, 0.1) is 5.69 Å². The monoisotopic (exact) mass is 335 g/mol. The van der Waals surface area contributed by atoms with Gasteiger partial charge in [-0.15, -0.1) is 11.3 Å². The van der Waals surface area contributed by atoms with Crippen molar-refractivity contribution in [2.45, 2.75) is 77.7 Å². The predicted molar refractivity (Wildman–Crippen MR) is 99.9 cm³/mol. The Hall–Kier alpha value is -0.610. The lowest BCUT2D eigenvalue weighted by molar-refractivity contribution is 0.156. The molecule has 1 aromatic rings. The first-order chi connectivity index (χ1) is 11.2. The SMILES string of the molecule is CCCN(CCC1CCC(C)CC1)[C@H]1CCc2nc(N)sc2C1. The largest absolute Gasteiger partial charge is 0.375 e. The van der Waals surface area contributed by atoms with Crippen molar-refractivity contribution in [3.63, 3.8) is 0 Å². The van der Waals surface area contributed by atoms with E-state index in [0.29, 0.717) is 6.04 Å². The Morgan fingerprint density at radius 1 is 1.17 bits per heavy atom. The van der Waals surface area contributed by atoms with Crippen molar-refractivity contribution >= 4 is 16.5 Å². The highest BCUT2D eigenvalue weighted by Crippen LogP contribution is 2.33. The summed E-state index contributed by atoms with van der Waals surface area (Å²) in [5, 5.41) is 0.758. The van der Waals surface area contributed by atoms with Gasteiger partial charge in [-0.25, -0.2) is 4.98 Å². The van der Waals surface area contributed by atoms with Crippen LogP contribution in [0.4, 0.5) is 5.13 Å². The minimum absolute atomic E-state index is 0.713. The van der Waals surface area contributed by atoms with Crippen LogP contribution in [-0.2, 0) is 12.8 Å². The summed E-state index contributed by atoms with van der Waals surface area (Å²) in [6, 6.07) is 0.713. The molecule has 23 heavy (non-hydrogen) atoms. The van der Waals surface area contributed by atoms with Gasteiger partial charge in [-0.05, 0) is 57.0 Å². The second-order valence-corrected chi connectivity index (χ2v) is 8.88. The Labute approximate surface area is 145 Å². The van der Waals surface area contributed by atoms with Crippen LogP contribution in [0.2, 0.25) is 0 Å². The molecule has 3 nitrogen and oxygen atoms in total. The fourth-order valence-electron chi connectivity index (χ4n) is 4.42. The molecule has 3 rings (SSSR count). The van der Waals surface area contributed by atoms with Crippen molar-refractivity contribution in [3.05, 3.63) is 10.6 Å². The van der Waals surface area contributed by atoms with Crippen molar-refractivity contribution in [2.75, 3.05) is 18.8 Å². The summed E-state index contributed by atoms with van der Waals surface area (Å²) in [5.41, 5.74) is 7.18. The number of fused-ring (bicyclic) bond motifs is 1. The fourth-order valence-corrected chi connectivity index (χ4v) is 5.37. The van der Waals surface area contributed by atoms with Crippen LogP contribution in [0.5, 0.6) is 0 Å². The van der Waals surface area contributed by atoms with E-state index in [0.717, 1.165) is 23.4 Å². The van der Waals surface area contributed by atoms with Crippen LogP contribution in [0.1, 0.15) is 69.4 Å². The summed E-state index contributed by atoms with van der Waals surface area (Å²) in [5.74, 6) is 1.94. The Bertz CT molecular complexity index is 491. The van der Waals surface area contributed by atoms with Gasteiger partial charge in [0.25, 0.3) is 0 Å². The van der Waals surface area contributed by atoms with Crippen LogP contribution in [-0.4, -0.2) is 29.0 Å². The van der Waals surface area contributed by atoms with Gasteiger partial charge in [0, 0.05) is 10.9 Å². The van der Waals surface area contributed by atoms with Crippen molar-refractivity contribution < 1.29 is 0 Å². The highest BCUT2D eigenvalue weighted by Gasteiger charge is 2.27. The molecular weight excluding hydrogens is 302 g/mol. The number of anilines is 1. The lowest BCUT2D eigenvalue weighted by Gasteiger charge is -2.35. The van der Waals surface area contributed by atoms with Gasteiger partial charge in [0.2, 0.25) is 0 Å². The highest BCUT2D eigenvalue weighted by atomic mass is 32.1. The molecule has 0 radical (unpaired) electrons. The average molecular weight is 336 g/mol. The molecule has 1 fully saturated rings. The zero-order valence-electron chi connectivity index (χ0n) is 14.9. The molecule has 0 unspecified atom stereocenters. The van der Waals surface area contributed by atoms with Crippen LogP contribution < -0.4 is 5.73 Å². The third-order valence-electron chi connectivity index (χ3n) is 5.92. The van der Waals surface area contributed by atoms with E-state index in [9.17, 15) is 0 Å². The zero-order valence-corrected chi connectivity index (χ0v) is 15.7. The van der Waals surface area contributed by atoms with E-state index < -0.39 is 0 Å². The third kappa shape index (κ3) is 4.48. The van der Waals surface area contributed by atoms with Crippen LogP contribution >= 0.6 is 11.3 Å². The highest BCUT2D eigenvalue weighted by molar-refractivity contribution is 7.15. The fraction of sp³-hybridized carbons (Fsp3) is 0.842. The van der Waals surface area contributed by atoms with E-state index >= 15 is 0 Å². The topological polar surface area (TPSA) is 42.2 Å². The number of nitrogens with zero attached hydrogens (tertiary/aromatic N) is 2. The van der Waals surface area contributed by atoms with E-state index in [1.165, 1.54) is 75.0 Å². The summed E-state index contributed by atoms with van der Waals surface area (Å²) in [4.78, 5) is 8.72. The van der Waals surface area contributed by atoms with Crippen LogP contribution in [0, 0.1) is 11.8 Å². The van der Waals surface area contributed by atoms with E-state index in [-0.39, 0.29) is 0 Å². The van der Waals surface area contributed by atoms with Gasteiger partial charge in [-0.2, -0.15) is 0 Å². The van der Waals surface area contributed by atoms with Gasteiger partial charge in [0.15, 0.2) is 5.13 Å². The molecule has 0 bridgehead atoms. The summed E-state index contributed by atoms with van der Waals surface area (Å²) in [6.07, 6.45) is 12.0. The number of nitrogen functional groups attached to an aromatic ring is 1. The van der Waals surface area contributed by atoms with Crippen molar-refractivity contribution in [2.24, 2.45) is 11.8 Å². The average Bonchev–Trinajstić information content (AvgIpc) is 2.92. The second kappa shape index (κ2) is 7.98. The standard InChI is InChI=1S/C19H33N3S/c1-3-11-22(12-10-15-6-4-14(2)5-7-15)16-8-9-17-18(13-16)23-19(20)21-17/h14-16H,3-13H2,1-2H3,(H2,20,21)/t14?,15?,16-/m0/s1. The maximum Gasteiger partial charge on any atom is 0.180 e. The van der Waals surface area contributed by atoms with Crippen LogP contribution in [0.25, 0.3) is 0 Å². The van der Waals surface area contributed by atoms with Crippen LogP contribution in [0.3, 0.4) is 0 Å². The normalized spacial score (nSPS) is 28.0. The number of aromatic nitrogens is 1. The molecule has 2 N–H and O–H groups in total. The molecule has 4 heteroatoms. The first-order valence-electron chi connectivity index (χ1n) is 9.63. The minimum Gasteiger partial charge on any atom is -0.375 e. The quantitative estimate of drug-likeness (QED) is 0.831. The molecule has 0 aliphatic heterocycles. The van der Waals surface area contributed by atoms with Gasteiger partial charge in [-0.3, -0.25) is 0 Å². The van der Waals surface area contributed by atoms with E-state index in [1.54, 1.807) is 11.3 Å². The number of rotatable bonds is 6. The van der Waals surface area contributed by atoms with Crippen LogP contribution in [0.15, 0.2) is 0 Å². The predicted octanol–water partition coefficient (Wildman–Crippen LogP) is 4.51. The van der Waals surface area contributed by atoms with E-state index in [2.05, 4.69) is 23.7 Å². The Morgan fingerprint density at radius 3 is 2.70 bits per heavy atom. The molecule has 0 saturated heterocycles. The summed E-state index contributed by atoms with van der Waals surface area (Å²) in [6.45, 7) is 7.27. The molecule has 1 atom stereocenters. The molecular formula is C19H33N3S. The van der Waals surface area contributed by atoms with Gasteiger partial charge in [-0.1, -0.05) is 39.5 Å². The smallest absolute Gasteiger partial charge is 0.180 e. The summed E-state index contributed by atoms with van der Waals surface area (Å²) in [7, 11) is 0. The van der Waals surface area contributed by atoms with Gasteiger partial charge >= 0.3 is 0 Å². The Balaban J connectivity index is 1.54. The number of aryl methyl sites for hydroxylation is 1. The Morgan fingerprint density at radius 2 is 1.96 bits per heavy atom. The molecule has 1 saturated carbocycles. The second-order valence-electron chi connectivity index (χ2n) is 7.77. The minimum atomic E-state index is 0.713. The number of thiazole rings is 1. The summed E-state index contributed by atoms with van der Waals surface area (Å²) >= 11 is 1.72. The molecule has 130 valence electrons. The van der Waals surface area contributed by atoms with Crippen molar-refractivity contribution in [1.82, 2.24) is 9.88 Å². The first kappa shape index (κ1) is 17.2. The van der Waals surface area contributed by atoms with Crippen molar-refractivity contribution in [3.8, 4) is 0 Å². The molecule has 0 spiro atoms. The third-order valence-corrected chi connectivity index (χ3v) is 6.87. The molecule has 1 aromatic heterocycles. The first-order valence-corrected chi connectivity index (χ1v) is 10.5. The van der Waals surface area contributed by atoms with Gasteiger partial charge < -0.3 is 10.6 Å². The maximum atomic E-state index is 5.90. The zero-order chi connectivity index (χ0) is 16.2. The van der Waals surface area contributed by atoms with E-state index in [4.69, 9.17) is 5.73 Å². The number of hydrogen-bond acceptors (Lipinski definition) is 4. The van der Waals surface area contributed by atoms with Gasteiger partial charge in [0.1, 0.15) is 0 Å².